The molecule has 2 rings (SSSR count). The second kappa shape index (κ2) is 5.36. The Morgan fingerprint density at radius 1 is 1.50 bits per heavy atom. The van der Waals surface area contributed by atoms with E-state index in [9.17, 15) is 0 Å². The molecule has 0 aromatic carbocycles. The minimum Gasteiger partial charge on any atom is -0.393 e. The van der Waals surface area contributed by atoms with Crippen molar-refractivity contribution in [3.05, 3.63) is 18.0 Å². The molecule has 0 radical (unpaired) electrons. The quantitative estimate of drug-likeness (QED) is 0.836. The van der Waals surface area contributed by atoms with Crippen LogP contribution in [0.1, 0.15) is 25.3 Å². The summed E-state index contributed by atoms with van der Waals surface area (Å²) in [7, 11) is 1.96. The Morgan fingerprint density at radius 2 is 2.17 bits per heavy atom. The first-order chi connectivity index (χ1) is 8.49. The average molecular weight is 266 g/mol. The van der Waals surface area contributed by atoms with Gasteiger partial charge in [-0.05, 0) is 37.9 Å². The minimum absolute atomic E-state index is 0.0696. The SMILES string of the molecule is Cn1cc(CCN2CCC(C)(C(N)=S)CC2)cn1. The highest BCUT2D eigenvalue weighted by Crippen LogP contribution is 2.31. The lowest BCUT2D eigenvalue weighted by Gasteiger charge is -2.38. The molecule has 2 heterocycles. The third-order valence-corrected chi connectivity index (χ3v) is 4.52. The Kier molecular flexibility index (Phi) is 4.02. The van der Waals surface area contributed by atoms with Crippen LogP contribution in [0.25, 0.3) is 0 Å². The van der Waals surface area contributed by atoms with Crippen molar-refractivity contribution < 1.29 is 0 Å². The summed E-state index contributed by atoms with van der Waals surface area (Å²) in [6.07, 6.45) is 7.26. The maximum absolute atomic E-state index is 5.82. The number of hydrogen-bond donors (Lipinski definition) is 1. The summed E-state index contributed by atoms with van der Waals surface area (Å²) < 4.78 is 1.86. The zero-order chi connectivity index (χ0) is 13.2. The predicted molar refractivity (Wildman–Crippen MR) is 77.5 cm³/mol. The fourth-order valence-corrected chi connectivity index (χ4v) is 2.61. The molecule has 2 N–H and O–H groups in total. The van der Waals surface area contributed by atoms with Crippen LogP contribution in [0.15, 0.2) is 12.4 Å². The molecule has 0 unspecified atom stereocenters. The molecule has 0 bridgehead atoms. The van der Waals surface area contributed by atoms with Gasteiger partial charge in [-0.15, -0.1) is 0 Å². The van der Waals surface area contributed by atoms with E-state index in [-0.39, 0.29) is 5.41 Å². The van der Waals surface area contributed by atoms with Crippen LogP contribution in [-0.2, 0) is 13.5 Å². The van der Waals surface area contributed by atoms with E-state index in [0.717, 1.165) is 38.9 Å². The Labute approximate surface area is 114 Å². The number of rotatable bonds is 4. The number of aromatic nitrogens is 2. The molecular formula is C13H22N4S. The van der Waals surface area contributed by atoms with E-state index < -0.39 is 0 Å². The van der Waals surface area contributed by atoms with Crippen molar-refractivity contribution in [2.75, 3.05) is 19.6 Å². The lowest BCUT2D eigenvalue weighted by Crippen LogP contribution is -2.45. The first-order valence-electron chi connectivity index (χ1n) is 6.49. The highest BCUT2D eigenvalue weighted by Gasteiger charge is 2.32. The number of thiocarbonyl (C=S) groups is 1. The van der Waals surface area contributed by atoms with Crippen LogP contribution in [0, 0.1) is 5.41 Å². The number of likely N-dealkylation sites (tertiary alicyclic amines) is 1. The molecule has 0 aliphatic carbocycles. The molecule has 1 aromatic heterocycles. The standard InChI is InChI=1S/C13H22N4S/c1-13(12(14)18)4-7-17(8-5-13)6-3-11-9-15-16(2)10-11/h9-10H,3-8H2,1-2H3,(H2,14,18). The van der Waals surface area contributed by atoms with Crippen LogP contribution in [0.4, 0.5) is 0 Å². The van der Waals surface area contributed by atoms with Crippen LogP contribution in [-0.4, -0.2) is 39.3 Å². The molecule has 1 aromatic rings. The van der Waals surface area contributed by atoms with Gasteiger partial charge in [-0.25, -0.2) is 0 Å². The van der Waals surface area contributed by atoms with Gasteiger partial charge in [-0.1, -0.05) is 19.1 Å². The summed E-state index contributed by atoms with van der Waals surface area (Å²) in [5.41, 5.74) is 7.19. The first kappa shape index (κ1) is 13.5. The molecular weight excluding hydrogens is 244 g/mol. The number of piperidine rings is 1. The number of hydrogen-bond acceptors (Lipinski definition) is 3. The van der Waals surface area contributed by atoms with Gasteiger partial charge in [-0.2, -0.15) is 5.10 Å². The molecule has 0 amide bonds. The molecule has 18 heavy (non-hydrogen) atoms. The van der Waals surface area contributed by atoms with Crippen molar-refractivity contribution in [3.63, 3.8) is 0 Å². The third-order valence-electron chi connectivity index (χ3n) is 4.03. The lowest BCUT2D eigenvalue weighted by molar-refractivity contribution is 0.166. The fourth-order valence-electron chi connectivity index (χ4n) is 2.40. The van der Waals surface area contributed by atoms with Crippen LogP contribution < -0.4 is 5.73 Å². The van der Waals surface area contributed by atoms with Gasteiger partial charge in [-0.3, -0.25) is 4.68 Å². The van der Waals surface area contributed by atoms with Gasteiger partial charge in [0.2, 0.25) is 0 Å². The van der Waals surface area contributed by atoms with E-state index in [1.54, 1.807) is 0 Å². The molecule has 5 heteroatoms. The molecule has 100 valence electrons. The van der Waals surface area contributed by atoms with Crippen molar-refractivity contribution >= 4 is 17.2 Å². The Bertz CT molecular complexity index is 418. The molecule has 1 fully saturated rings. The smallest absolute Gasteiger partial charge is 0.0788 e. The normalized spacial score (nSPS) is 19.9. The van der Waals surface area contributed by atoms with E-state index in [0.29, 0.717) is 4.99 Å². The van der Waals surface area contributed by atoms with Crippen LogP contribution >= 0.6 is 12.2 Å². The molecule has 1 aliphatic rings. The van der Waals surface area contributed by atoms with Gasteiger partial charge in [0.15, 0.2) is 0 Å². The first-order valence-corrected chi connectivity index (χ1v) is 6.90. The van der Waals surface area contributed by atoms with Crippen LogP contribution in [0.2, 0.25) is 0 Å². The van der Waals surface area contributed by atoms with Gasteiger partial charge in [0.25, 0.3) is 0 Å². The summed E-state index contributed by atoms with van der Waals surface area (Å²) in [6.45, 7) is 5.47. The monoisotopic (exact) mass is 266 g/mol. The molecule has 0 saturated carbocycles. The molecule has 1 aliphatic heterocycles. The maximum Gasteiger partial charge on any atom is 0.0788 e. The van der Waals surface area contributed by atoms with Gasteiger partial charge in [0.1, 0.15) is 0 Å². The molecule has 0 atom stereocenters. The van der Waals surface area contributed by atoms with E-state index >= 15 is 0 Å². The zero-order valence-corrected chi connectivity index (χ0v) is 12.0. The zero-order valence-electron chi connectivity index (χ0n) is 11.2. The van der Waals surface area contributed by atoms with Crippen LogP contribution in [0.5, 0.6) is 0 Å². The second-order valence-corrected chi connectivity index (χ2v) is 5.98. The maximum atomic E-state index is 5.82. The van der Waals surface area contributed by atoms with Gasteiger partial charge in [0.05, 0.1) is 11.2 Å². The van der Waals surface area contributed by atoms with Crippen molar-refractivity contribution in [2.24, 2.45) is 18.2 Å². The Balaban J connectivity index is 1.79. The van der Waals surface area contributed by atoms with E-state index in [2.05, 4.69) is 23.1 Å². The molecule has 0 spiro atoms. The van der Waals surface area contributed by atoms with Crippen molar-refractivity contribution in [2.45, 2.75) is 26.2 Å². The van der Waals surface area contributed by atoms with Crippen molar-refractivity contribution in [1.82, 2.24) is 14.7 Å². The number of aryl methyl sites for hydroxylation is 1. The largest absolute Gasteiger partial charge is 0.393 e. The van der Waals surface area contributed by atoms with Crippen molar-refractivity contribution in [1.29, 1.82) is 0 Å². The summed E-state index contributed by atoms with van der Waals surface area (Å²) >= 11 is 5.16. The molecule has 4 nitrogen and oxygen atoms in total. The topological polar surface area (TPSA) is 47.1 Å². The van der Waals surface area contributed by atoms with Gasteiger partial charge < -0.3 is 10.6 Å². The lowest BCUT2D eigenvalue weighted by atomic mass is 9.80. The average Bonchev–Trinajstić information content (AvgIpc) is 2.74. The summed E-state index contributed by atoms with van der Waals surface area (Å²) in [5, 5.41) is 4.19. The summed E-state index contributed by atoms with van der Waals surface area (Å²) in [6, 6.07) is 0. The highest BCUT2D eigenvalue weighted by molar-refractivity contribution is 7.80. The summed E-state index contributed by atoms with van der Waals surface area (Å²) in [4.78, 5) is 3.17. The van der Waals surface area contributed by atoms with Crippen LogP contribution in [0.3, 0.4) is 0 Å². The van der Waals surface area contributed by atoms with E-state index in [1.807, 2.05) is 17.9 Å². The fraction of sp³-hybridized carbons (Fsp3) is 0.692. The number of nitrogens with zero attached hydrogens (tertiary/aromatic N) is 3. The number of nitrogens with two attached hydrogens (primary N) is 1. The minimum atomic E-state index is 0.0696. The van der Waals surface area contributed by atoms with E-state index in [4.69, 9.17) is 18.0 Å². The summed E-state index contributed by atoms with van der Waals surface area (Å²) in [5.74, 6) is 0. The van der Waals surface area contributed by atoms with E-state index in [1.165, 1.54) is 5.56 Å². The van der Waals surface area contributed by atoms with Gasteiger partial charge in [0, 0.05) is 25.2 Å². The highest BCUT2D eigenvalue weighted by atomic mass is 32.1. The molecule has 1 saturated heterocycles. The Hall–Kier alpha value is -0.940. The van der Waals surface area contributed by atoms with Crippen molar-refractivity contribution in [3.8, 4) is 0 Å². The second-order valence-electron chi connectivity index (χ2n) is 5.54. The van der Waals surface area contributed by atoms with Gasteiger partial charge >= 0.3 is 0 Å². The third kappa shape index (κ3) is 3.09. The predicted octanol–water partition coefficient (Wildman–Crippen LogP) is 1.35. The Morgan fingerprint density at radius 3 is 2.67 bits per heavy atom.